The van der Waals surface area contributed by atoms with Crippen molar-refractivity contribution in [3.05, 3.63) is 35.1 Å². The van der Waals surface area contributed by atoms with Gasteiger partial charge in [0.2, 0.25) is 0 Å². The number of rotatable bonds is 9. The topological polar surface area (TPSA) is 59.1 Å². The first-order valence-corrected chi connectivity index (χ1v) is 6.85. The van der Waals surface area contributed by atoms with Gasteiger partial charge in [-0.1, -0.05) is 44.7 Å². The van der Waals surface area contributed by atoms with Crippen molar-refractivity contribution in [3.63, 3.8) is 0 Å². The number of amidine groups is 1. The van der Waals surface area contributed by atoms with Crippen LogP contribution in [0.5, 0.6) is 0 Å². The SMILES string of the molecule is CCCCCCCOCc1ccc(C(=N)N)cc1F. The van der Waals surface area contributed by atoms with Crippen LogP contribution in [0.2, 0.25) is 0 Å². The Balaban J connectivity index is 2.28. The molecule has 0 radical (unpaired) electrons. The number of ether oxygens (including phenoxy) is 1. The van der Waals surface area contributed by atoms with Crippen LogP contribution in [0.25, 0.3) is 0 Å². The van der Waals surface area contributed by atoms with E-state index in [-0.39, 0.29) is 18.3 Å². The van der Waals surface area contributed by atoms with E-state index in [9.17, 15) is 4.39 Å². The molecule has 1 rings (SSSR count). The van der Waals surface area contributed by atoms with E-state index in [4.69, 9.17) is 15.9 Å². The zero-order chi connectivity index (χ0) is 14.1. The number of halogens is 1. The minimum absolute atomic E-state index is 0.123. The summed E-state index contributed by atoms with van der Waals surface area (Å²) in [5, 5.41) is 7.23. The Morgan fingerprint density at radius 2 is 2.00 bits per heavy atom. The molecule has 106 valence electrons. The molecule has 3 nitrogen and oxygen atoms in total. The standard InChI is InChI=1S/C15H23FN2O/c1-2-3-4-5-6-9-19-11-13-8-7-12(15(17)18)10-14(13)16/h7-8,10H,2-6,9,11H2,1H3,(H3,17,18). The zero-order valence-electron chi connectivity index (χ0n) is 11.5. The van der Waals surface area contributed by atoms with Crippen LogP contribution in [-0.2, 0) is 11.3 Å². The molecule has 0 aliphatic heterocycles. The van der Waals surface area contributed by atoms with Crippen molar-refractivity contribution in [1.82, 2.24) is 0 Å². The van der Waals surface area contributed by atoms with E-state index in [1.54, 1.807) is 12.1 Å². The van der Waals surface area contributed by atoms with Crippen molar-refractivity contribution in [1.29, 1.82) is 5.41 Å². The number of benzene rings is 1. The lowest BCUT2D eigenvalue weighted by Gasteiger charge is -2.07. The van der Waals surface area contributed by atoms with Crippen LogP contribution in [0, 0.1) is 11.2 Å². The highest BCUT2D eigenvalue weighted by Gasteiger charge is 2.05. The van der Waals surface area contributed by atoms with Crippen LogP contribution >= 0.6 is 0 Å². The molecule has 4 heteroatoms. The average Bonchev–Trinajstić information content (AvgIpc) is 2.39. The fourth-order valence-electron chi connectivity index (χ4n) is 1.82. The molecule has 19 heavy (non-hydrogen) atoms. The normalized spacial score (nSPS) is 10.6. The van der Waals surface area contributed by atoms with Crippen LogP contribution in [0.15, 0.2) is 18.2 Å². The lowest BCUT2D eigenvalue weighted by molar-refractivity contribution is 0.114. The van der Waals surface area contributed by atoms with E-state index in [1.807, 2.05) is 0 Å². The Hall–Kier alpha value is -1.42. The van der Waals surface area contributed by atoms with Crippen molar-refractivity contribution >= 4 is 5.84 Å². The van der Waals surface area contributed by atoms with Crippen LogP contribution < -0.4 is 5.73 Å². The molecular weight excluding hydrogens is 243 g/mol. The molecule has 0 saturated carbocycles. The average molecular weight is 266 g/mol. The quantitative estimate of drug-likeness (QED) is 0.407. The van der Waals surface area contributed by atoms with Gasteiger partial charge in [-0.3, -0.25) is 5.41 Å². The Labute approximate surface area is 114 Å². The molecule has 0 saturated heterocycles. The first-order valence-electron chi connectivity index (χ1n) is 6.85. The fourth-order valence-corrected chi connectivity index (χ4v) is 1.82. The predicted molar refractivity (Wildman–Crippen MR) is 75.8 cm³/mol. The third-order valence-electron chi connectivity index (χ3n) is 3.01. The molecule has 0 amide bonds. The van der Waals surface area contributed by atoms with Gasteiger partial charge >= 0.3 is 0 Å². The van der Waals surface area contributed by atoms with E-state index >= 15 is 0 Å². The van der Waals surface area contributed by atoms with Crippen molar-refractivity contribution in [3.8, 4) is 0 Å². The molecule has 0 spiro atoms. The van der Waals surface area contributed by atoms with E-state index in [0.717, 1.165) is 6.42 Å². The molecule has 1 aromatic carbocycles. The summed E-state index contributed by atoms with van der Waals surface area (Å²) in [6, 6.07) is 4.55. The highest BCUT2D eigenvalue weighted by Crippen LogP contribution is 2.12. The maximum absolute atomic E-state index is 13.7. The molecule has 0 aliphatic rings. The smallest absolute Gasteiger partial charge is 0.129 e. The Bertz CT molecular complexity index is 407. The lowest BCUT2D eigenvalue weighted by atomic mass is 10.1. The second-order valence-corrected chi connectivity index (χ2v) is 4.69. The summed E-state index contributed by atoms with van der Waals surface area (Å²) < 4.78 is 19.1. The summed E-state index contributed by atoms with van der Waals surface area (Å²) in [4.78, 5) is 0. The van der Waals surface area contributed by atoms with Gasteiger partial charge in [0.1, 0.15) is 11.7 Å². The number of nitrogens with one attached hydrogen (secondary N) is 1. The zero-order valence-corrected chi connectivity index (χ0v) is 11.5. The monoisotopic (exact) mass is 266 g/mol. The molecule has 0 bridgehead atoms. The van der Waals surface area contributed by atoms with Gasteiger partial charge in [-0.25, -0.2) is 4.39 Å². The maximum Gasteiger partial charge on any atom is 0.129 e. The van der Waals surface area contributed by atoms with Gasteiger partial charge in [0.25, 0.3) is 0 Å². The Morgan fingerprint density at radius 1 is 1.26 bits per heavy atom. The van der Waals surface area contributed by atoms with Gasteiger partial charge in [-0.05, 0) is 12.5 Å². The number of unbranched alkanes of at least 4 members (excludes halogenated alkanes) is 4. The molecule has 0 aliphatic carbocycles. The molecule has 0 atom stereocenters. The van der Waals surface area contributed by atoms with Gasteiger partial charge in [-0.15, -0.1) is 0 Å². The van der Waals surface area contributed by atoms with Gasteiger partial charge in [0.05, 0.1) is 6.61 Å². The van der Waals surface area contributed by atoms with Gasteiger partial charge in [0.15, 0.2) is 0 Å². The summed E-state index contributed by atoms with van der Waals surface area (Å²) in [5.74, 6) is -0.485. The first-order chi connectivity index (χ1) is 9.15. The molecule has 3 N–H and O–H groups in total. The molecule has 0 heterocycles. The molecule has 1 aromatic rings. The molecule has 0 aromatic heterocycles. The summed E-state index contributed by atoms with van der Waals surface area (Å²) >= 11 is 0. The highest BCUT2D eigenvalue weighted by molar-refractivity contribution is 5.94. The largest absolute Gasteiger partial charge is 0.384 e. The van der Waals surface area contributed by atoms with Gasteiger partial charge < -0.3 is 10.5 Å². The van der Waals surface area contributed by atoms with Crippen LogP contribution in [0.3, 0.4) is 0 Å². The predicted octanol–water partition coefficient (Wildman–Crippen LogP) is 3.60. The number of hydrogen-bond donors (Lipinski definition) is 2. The van der Waals surface area contributed by atoms with Crippen LogP contribution in [0.4, 0.5) is 4.39 Å². The number of nitrogen functional groups attached to an aromatic ring is 1. The number of nitrogens with two attached hydrogens (primary N) is 1. The third kappa shape index (κ3) is 5.83. The number of hydrogen-bond acceptors (Lipinski definition) is 2. The van der Waals surface area contributed by atoms with E-state index < -0.39 is 0 Å². The molecular formula is C15H23FN2O. The Kier molecular flexibility index (Phi) is 7.11. The molecule has 0 unspecified atom stereocenters. The van der Waals surface area contributed by atoms with Crippen LogP contribution in [-0.4, -0.2) is 12.4 Å². The fraction of sp³-hybridized carbons (Fsp3) is 0.533. The van der Waals surface area contributed by atoms with Crippen molar-refractivity contribution < 1.29 is 9.13 Å². The summed E-state index contributed by atoms with van der Waals surface area (Å²) in [6.07, 6.45) is 5.92. The lowest BCUT2D eigenvalue weighted by Crippen LogP contribution is -2.11. The summed E-state index contributed by atoms with van der Waals surface area (Å²) in [7, 11) is 0. The van der Waals surface area contributed by atoms with E-state index in [1.165, 1.54) is 31.7 Å². The Morgan fingerprint density at radius 3 is 2.63 bits per heavy atom. The van der Waals surface area contributed by atoms with E-state index in [0.29, 0.717) is 17.7 Å². The minimum atomic E-state index is -0.362. The van der Waals surface area contributed by atoms with Crippen LogP contribution in [0.1, 0.15) is 50.2 Å². The van der Waals surface area contributed by atoms with Crippen molar-refractivity contribution in [2.75, 3.05) is 6.61 Å². The van der Waals surface area contributed by atoms with Crippen molar-refractivity contribution in [2.24, 2.45) is 5.73 Å². The second kappa shape index (κ2) is 8.64. The van der Waals surface area contributed by atoms with Crippen molar-refractivity contribution in [2.45, 2.75) is 45.6 Å². The minimum Gasteiger partial charge on any atom is -0.384 e. The van der Waals surface area contributed by atoms with Gasteiger partial charge in [0, 0.05) is 17.7 Å². The van der Waals surface area contributed by atoms with E-state index in [2.05, 4.69) is 6.92 Å². The summed E-state index contributed by atoms with van der Waals surface area (Å²) in [6.45, 7) is 3.12. The third-order valence-corrected chi connectivity index (χ3v) is 3.01. The second-order valence-electron chi connectivity index (χ2n) is 4.69. The first kappa shape index (κ1) is 15.6. The highest BCUT2D eigenvalue weighted by atomic mass is 19.1. The van der Waals surface area contributed by atoms with Gasteiger partial charge in [-0.2, -0.15) is 0 Å². The maximum atomic E-state index is 13.7. The molecule has 0 fully saturated rings. The summed E-state index contributed by atoms with van der Waals surface area (Å²) in [5.41, 5.74) is 6.21.